The van der Waals surface area contributed by atoms with Gasteiger partial charge in [0.1, 0.15) is 0 Å². The van der Waals surface area contributed by atoms with E-state index in [0.29, 0.717) is 6.54 Å². The summed E-state index contributed by atoms with van der Waals surface area (Å²) in [6.07, 6.45) is 4.16. The average molecular weight is 261 g/mol. The zero-order valence-electron chi connectivity index (χ0n) is 10.8. The summed E-state index contributed by atoms with van der Waals surface area (Å²) < 4.78 is 1.10. The van der Waals surface area contributed by atoms with Crippen molar-refractivity contribution in [2.24, 2.45) is 7.05 Å². The smallest absolute Gasteiger partial charge is 0.339 e. The number of likely N-dealkylation sites (N-methyl/N-ethyl adjacent to an activating group) is 1. The molecule has 1 N–H and O–H groups in total. The molecule has 0 saturated carbocycles. The van der Waals surface area contributed by atoms with Crippen LogP contribution in [0.1, 0.15) is 16.2 Å². The highest BCUT2D eigenvalue weighted by Gasteiger charge is 2.16. The van der Waals surface area contributed by atoms with Crippen molar-refractivity contribution in [1.29, 1.82) is 0 Å². The van der Waals surface area contributed by atoms with Gasteiger partial charge in [-0.25, -0.2) is 9.48 Å². The maximum Gasteiger partial charge on any atom is 0.343 e. The largest absolute Gasteiger partial charge is 0.343 e. The lowest BCUT2D eigenvalue weighted by Crippen LogP contribution is -2.30. The number of hydrogen-bond acceptors (Lipinski definition) is 4. The summed E-state index contributed by atoms with van der Waals surface area (Å²) in [5.74, 6) is -0.239. The molecule has 2 heterocycles. The van der Waals surface area contributed by atoms with E-state index in [4.69, 9.17) is 0 Å². The maximum atomic E-state index is 12.0. The molecule has 0 aromatic carbocycles. The van der Waals surface area contributed by atoms with Crippen LogP contribution >= 0.6 is 0 Å². The second kappa shape index (κ2) is 5.47. The number of amides is 1. The number of aromatic nitrogens is 4. The van der Waals surface area contributed by atoms with Gasteiger partial charge in [0.05, 0.1) is 0 Å². The van der Waals surface area contributed by atoms with Crippen LogP contribution in [-0.4, -0.2) is 44.1 Å². The van der Waals surface area contributed by atoms with Gasteiger partial charge in [0.2, 0.25) is 5.82 Å². The Hall–Kier alpha value is -2.44. The van der Waals surface area contributed by atoms with Crippen LogP contribution in [-0.2, 0) is 13.5 Å². The van der Waals surface area contributed by atoms with Crippen molar-refractivity contribution in [2.45, 2.75) is 6.42 Å². The maximum absolute atomic E-state index is 12.0. The summed E-state index contributed by atoms with van der Waals surface area (Å²) in [7, 11) is 3.17. The third kappa shape index (κ3) is 3.06. The molecule has 0 bridgehead atoms. The number of hydrogen-bond donors (Lipinski definition) is 1. The van der Waals surface area contributed by atoms with E-state index in [1.54, 1.807) is 19.4 Å². The summed E-state index contributed by atoms with van der Waals surface area (Å²) >= 11 is 0. The summed E-state index contributed by atoms with van der Waals surface area (Å²) in [6, 6.07) is 3.81. The number of H-pyrrole nitrogens is 1. The molecule has 0 radical (unpaired) electrons. The van der Waals surface area contributed by atoms with E-state index >= 15 is 0 Å². The van der Waals surface area contributed by atoms with Crippen LogP contribution in [0.15, 0.2) is 29.3 Å². The van der Waals surface area contributed by atoms with E-state index in [2.05, 4.69) is 15.1 Å². The molecule has 2 rings (SSSR count). The van der Waals surface area contributed by atoms with Gasteiger partial charge in [0.15, 0.2) is 0 Å². The number of nitrogens with one attached hydrogen (secondary N) is 1. The van der Waals surface area contributed by atoms with E-state index in [-0.39, 0.29) is 11.7 Å². The van der Waals surface area contributed by atoms with E-state index < -0.39 is 5.69 Å². The first kappa shape index (κ1) is 13.0. The van der Waals surface area contributed by atoms with Crippen LogP contribution < -0.4 is 5.69 Å². The number of aryl methyl sites for hydroxylation is 1. The van der Waals surface area contributed by atoms with Crippen LogP contribution in [0.5, 0.6) is 0 Å². The van der Waals surface area contributed by atoms with Gasteiger partial charge in [-0.1, -0.05) is 0 Å². The molecule has 0 aliphatic rings. The first-order valence-electron chi connectivity index (χ1n) is 5.85. The number of carbonyl (C=O) groups excluding carboxylic acids is 1. The fraction of sp³-hybridized carbons (Fsp3) is 0.333. The highest BCUT2D eigenvalue weighted by molar-refractivity contribution is 5.90. The number of carbonyl (C=O) groups is 1. The highest BCUT2D eigenvalue weighted by atomic mass is 16.2. The highest BCUT2D eigenvalue weighted by Crippen LogP contribution is 2.01. The van der Waals surface area contributed by atoms with Crippen molar-refractivity contribution in [2.75, 3.05) is 13.6 Å². The molecule has 100 valence electrons. The molecule has 0 saturated heterocycles. The van der Waals surface area contributed by atoms with E-state index in [9.17, 15) is 9.59 Å². The minimum absolute atomic E-state index is 0.0599. The summed E-state index contributed by atoms with van der Waals surface area (Å²) in [5, 5.41) is 3.83. The molecule has 0 unspecified atom stereocenters. The lowest BCUT2D eigenvalue weighted by atomic mass is 10.2. The van der Waals surface area contributed by atoms with Crippen molar-refractivity contribution in [1.82, 2.24) is 24.6 Å². The topological polar surface area (TPSA) is 83.9 Å². The van der Waals surface area contributed by atoms with Gasteiger partial charge in [-0.15, -0.1) is 5.10 Å². The molecule has 0 spiro atoms. The van der Waals surface area contributed by atoms with E-state index in [0.717, 1.165) is 16.7 Å². The van der Waals surface area contributed by atoms with Crippen LogP contribution in [0, 0.1) is 0 Å². The molecule has 1 amide bonds. The molecule has 0 aliphatic heterocycles. The Kier molecular flexibility index (Phi) is 3.74. The third-order valence-electron chi connectivity index (χ3n) is 2.80. The molecule has 0 aliphatic carbocycles. The molecular weight excluding hydrogens is 246 g/mol. The lowest BCUT2D eigenvalue weighted by molar-refractivity contribution is 0.0784. The molecule has 19 heavy (non-hydrogen) atoms. The summed E-state index contributed by atoms with van der Waals surface area (Å²) in [6.45, 7) is 0.543. The minimum atomic E-state index is -0.397. The SMILES string of the molecule is CN(CCc1ccncc1)C(=O)c1nn(C)c(=O)[nH]1. The monoisotopic (exact) mass is 261 g/mol. The molecule has 0 atom stereocenters. The number of pyridine rings is 1. The molecule has 7 heteroatoms. The van der Waals surface area contributed by atoms with Crippen LogP contribution in [0.25, 0.3) is 0 Å². The summed E-state index contributed by atoms with van der Waals surface area (Å²) in [5.41, 5.74) is 0.704. The zero-order chi connectivity index (χ0) is 13.8. The fourth-order valence-corrected chi connectivity index (χ4v) is 1.63. The first-order chi connectivity index (χ1) is 9.08. The minimum Gasteiger partial charge on any atom is -0.339 e. The zero-order valence-corrected chi connectivity index (χ0v) is 10.8. The molecule has 2 aromatic heterocycles. The second-order valence-corrected chi connectivity index (χ2v) is 4.23. The Bertz CT molecular complexity index is 617. The average Bonchev–Trinajstić information content (AvgIpc) is 2.76. The van der Waals surface area contributed by atoms with Gasteiger partial charge in [-0.3, -0.25) is 14.8 Å². The molecule has 2 aromatic rings. The van der Waals surface area contributed by atoms with Gasteiger partial charge in [-0.05, 0) is 24.1 Å². The Morgan fingerprint density at radius 3 is 2.68 bits per heavy atom. The number of nitrogens with zero attached hydrogens (tertiary/aromatic N) is 4. The second-order valence-electron chi connectivity index (χ2n) is 4.23. The van der Waals surface area contributed by atoms with Gasteiger partial charge >= 0.3 is 5.69 Å². The van der Waals surface area contributed by atoms with Crippen molar-refractivity contribution in [3.05, 3.63) is 46.4 Å². The number of rotatable bonds is 4. The van der Waals surface area contributed by atoms with E-state index in [1.807, 2.05) is 12.1 Å². The molecular formula is C12H15N5O2. The van der Waals surface area contributed by atoms with Crippen molar-refractivity contribution >= 4 is 5.91 Å². The predicted molar refractivity (Wildman–Crippen MR) is 68.7 cm³/mol. The quantitative estimate of drug-likeness (QED) is 0.827. The Morgan fingerprint density at radius 1 is 1.42 bits per heavy atom. The van der Waals surface area contributed by atoms with Gasteiger partial charge in [0.25, 0.3) is 5.91 Å². The van der Waals surface area contributed by atoms with Gasteiger partial charge in [-0.2, -0.15) is 0 Å². The van der Waals surface area contributed by atoms with Crippen LogP contribution in [0.3, 0.4) is 0 Å². The fourth-order valence-electron chi connectivity index (χ4n) is 1.63. The molecule has 7 nitrogen and oxygen atoms in total. The van der Waals surface area contributed by atoms with Crippen LogP contribution in [0.2, 0.25) is 0 Å². The van der Waals surface area contributed by atoms with Crippen molar-refractivity contribution in [3.63, 3.8) is 0 Å². The van der Waals surface area contributed by atoms with Gasteiger partial charge in [0, 0.05) is 33.0 Å². The normalized spacial score (nSPS) is 10.4. The lowest BCUT2D eigenvalue weighted by Gasteiger charge is -2.15. The predicted octanol–water partition coefficient (Wildman–Crippen LogP) is -0.182. The standard InChI is InChI=1S/C12H15N5O2/c1-16(8-5-9-3-6-13-7-4-9)11(18)10-14-12(19)17(2)15-10/h3-4,6-7H,5,8H2,1-2H3,(H,14,15,19). The van der Waals surface area contributed by atoms with Crippen molar-refractivity contribution in [3.8, 4) is 0 Å². The molecule has 0 fully saturated rings. The van der Waals surface area contributed by atoms with E-state index in [1.165, 1.54) is 11.9 Å². The summed E-state index contributed by atoms with van der Waals surface area (Å²) in [4.78, 5) is 31.1. The third-order valence-corrected chi connectivity index (χ3v) is 2.80. The van der Waals surface area contributed by atoms with Gasteiger partial charge < -0.3 is 4.90 Å². The Balaban J connectivity index is 1.98. The first-order valence-corrected chi connectivity index (χ1v) is 5.85. The van der Waals surface area contributed by atoms with Crippen molar-refractivity contribution < 1.29 is 4.79 Å². The number of aromatic amines is 1. The Labute approximate surface area is 109 Å². The Morgan fingerprint density at radius 2 is 2.11 bits per heavy atom. The van der Waals surface area contributed by atoms with Crippen LogP contribution in [0.4, 0.5) is 0 Å².